The van der Waals surface area contributed by atoms with Crippen molar-refractivity contribution in [3.63, 3.8) is 0 Å². The first kappa shape index (κ1) is 15.4. The first-order valence-corrected chi connectivity index (χ1v) is 6.86. The highest BCUT2D eigenvalue weighted by Gasteiger charge is 2.39. The molecule has 1 rings (SSSR count). The number of rotatable bonds is 4. The predicted octanol–water partition coefficient (Wildman–Crippen LogP) is 1.55. The minimum absolute atomic E-state index is 0.0441. The van der Waals surface area contributed by atoms with Crippen molar-refractivity contribution in [2.24, 2.45) is 11.3 Å². The molecule has 1 amide bonds. The van der Waals surface area contributed by atoms with Gasteiger partial charge in [0, 0.05) is 13.7 Å². The quantitative estimate of drug-likeness (QED) is 0.802. The molecule has 1 heterocycles. The third kappa shape index (κ3) is 3.69. The summed E-state index contributed by atoms with van der Waals surface area (Å²) in [6.45, 7) is 11.1. The average molecular weight is 256 g/mol. The van der Waals surface area contributed by atoms with Crippen LogP contribution >= 0.6 is 0 Å². The molecule has 1 aliphatic rings. The van der Waals surface area contributed by atoms with E-state index in [4.69, 9.17) is 4.74 Å². The van der Waals surface area contributed by atoms with Crippen LogP contribution in [-0.4, -0.2) is 38.3 Å². The number of amides is 1. The molecule has 106 valence electrons. The fourth-order valence-corrected chi connectivity index (χ4v) is 2.07. The molecule has 4 nitrogen and oxygen atoms in total. The van der Waals surface area contributed by atoms with Gasteiger partial charge < -0.3 is 15.4 Å². The van der Waals surface area contributed by atoms with E-state index in [-0.39, 0.29) is 11.3 Å². The molecule has 0 saturated carbocycles. The highest BCUT2D eigenvalue weighted by atomic mass is 16.5. The van der Waals surface area contributed by atoms with Crippen molar-refractivity contribution in [2.45, 2.75) is 46.1 Å². The Balaban J connectivity index is 2.53. The van der Waals surface area contributed by atoms with Gasteiger partial charge in [-0.25, -0.2) is 0 Å². The summed E-state index contributed by atoms with van der Waals surface area (Å²) in [5.74, 6) is 0.486. The molecule has 0 aromatic heterocycles. The predicted molar refractivity (Wildman–Crippen MR) is 73.5 cm³/mol. The Bertz CT molecular complexity index is 278. The van der Waals surface area contributed by atoms with Crippen LogP contribution in [0.5, 0.6) is 0 Å². The van der Waals surface area contributed by atoms with E-state index in [1.807, 2.05) is 0 Å². The Morgan fingerprint density at radius 3 is 2.39 bits per heavy atom. The van der Waals surface area contributed by atoms with Crippen molar-refractivity contribution in [3.05, 3.63) is 0 Å². The summed E-state index contributed by atoms with van der Waals surface area (Å²) in [6, 6.07) is 0. The van der Waals surface area contributed by atoms with E-state index in [1.165, 1.54) is 0 Å². The van der Waals surface area contributed by atoms with Crippen molar-refractivity contribution in [1.82, 2.24) is 10.6 Å². The van der Waals surface area contributed by atoms with Crippen molar-refractivity contribution in [3.8, 4) is 0 Å². The number of piperidine rings is 1. The lowest BCUT2D eigenvalue weighted by Gasteiger charge is -2.36. The van der Waals surface area contributed by atoms with Gasteiger partial charge in [-0.3, -0.25) is 4.79 Å². The largest absolute Gasteiger partial charge is 0.368 e. The zero-order valence-electron chi connectivity index (χ0n) is 12.4. The highest BCUT2D eigenvalue weighted by molar-refractivity contribution is 5.85. The molecule has 0 aliphatic carbocycles. The standard InChI is InChI=1S/C14H28N2O2/c1-11(13(2,3)4)10-16-12(17)14(18-5)6-8-15-9-7-14/h11,15H,6-10H2,1-5H3,(H,16,17). The Morgan fingerprint density at radius 2 is 1.94 bits per heavy atom. The zero-order chi connectivity index (χ0) is 13.8. The third-order valence-electron chi connectivity index (χ3n) is 4.26. The molecular formula is C14H28N2O2. The molecule has 0 aromatic carbocycles. The maximum atomic E-state index is 12.3. The van der Waals surface area contributed by atoms with Crippen LogP contribution in [0.15, 0.2) is 0 Å². The number of methoxy groups -OCH3 is 1. The van der Waals surface area contributed by atoms with Crippen LogP contribution in [0.3, 0.4) is 0 Å². The fourth-order valence-electron chi connectivity index (χ4n) is 2.07. The smallest absolute Gasteiger partial charge is 0.252 e. The van der Waals surface area contributed by atoms with Crippen LogP contribution in [0.4, 0.5) is 0 Å². The second kappa shape index (κ2) is 6.02. The number of hydrogen-bond acceptors (Lipinski definition) is 3. The summed E-state index contributed by atoms with van der Waals surface area (Å²) in [7, 11) is 1.64. The molecule has 0 aromatic rings. The molecule has 1 aliphatic heterocycles. The monoisotopic (exact) mass is 256 g/mol. The summed E-state index contributed by atoms with van der Waals surface area (Å²) in [6.07, 6.45) is 1.50. The third-order valence-corrected chi connectivity index (χ3v) is 4.26. The number of nitrogens with one attached hydrogen (secondary N) is 2. The van der Waals surface area contributed by atoms with Gasteiger partial charge in [0.25, 0.3) is 5.91 Å². The first-order valence-electron chi connectivity index (χ1n) is 6.86. The van der Waals surface area contributed by atoms with Crippen molar-refractivity contribution in [1.29, 1.82) is 0 Å². The van der Waals surface area contributed by atoms with Gasteiger partial charge in [0.2, 0.25) is 0 Å². The maximum absolute atomic E-state index is 12.3. The van der Waals surface area contributed by atoms with Gasteiger partial charge in [-0.05, 0) is 37.3 Å². The van der Waals surface area contributed by atoms with Gasteiger partial charge in [0.05, 0.1) is 0 Å². The molecule has 2 N–H and O–H groups in total. The zero-order valence-corrected chi connectivity index (χ0v) is 12.4. The summed E-state index contributed by atoms with van der Waals surface area (Å²) in [4.78, 5) is 12.3. The van der Waals surface area contributed by atoms with E-state index in [1.54, 1.807) is 7.11 Å². The average Bonchev–Trinajstić information content (AvgIpc) is 2.35. The molecule has 1 saturated heterocycles. The number of hydrogen-bond donors (Lipinski definition) is 2. The Hall–Kier alpha value is -0.610. The van der Waals surface area contributed by atoms with Crippen molar-refractivity contribution < 1.29 is 9.53 Å². The lowest BCUT2D eigenvalue weighted by atomic mass is 9.82. The Labute approximate surface area is 111 Å². The van der Waals surface area contributed by atoms with E-state index in [0.717, 1.165) is 25.9 Å². The molecule has 1 unspecified atom stereocenters. The van der Waals surface area contributed by atoms with Crippen LogP contribution in [0.25, 0.3) is 0 Å². The van der Waals surface area contributed by atoms with Crippen molar-refractivity contribution in [2.75, 3.05) is 26.7 Å². The van der Waals surface area contributed by atoms with Crippen LogP contribution < -0.4 is 10.6 Å². The van der Waals surface area contributed by atoms with E-state index < -0.39 is 5.60 Å². The van der Waals surface area contributed by atoms with Gasteiger partial charge in [-0.15, -0.1) is 0 Å². The molecular weight excluding hydrogens is 228 g/mol. The lowest BCUT2D eigenvalue weighted by molar-refractivity contribution is -0.147. The number of carbonyl (C=O) groups excluding carboxylic acids is 1. The minimum atomic E-state index is -0.622. The van der Waals surface area contributed by atoms with E-state index in [0.29, 0.717) is 12.5 Å². The summed E-state index contributed by atoms with van der Waals surface area (Å²) >= 11 is 0. The van der Waals surface area contributed by atoms with Gasteiger partial charge in [0.15, 0.2) is 0 Å². The SMILES string of the molecule is COC1(C(=O)NCC(C)C(C)(C)C)CCNCC1. The molecule has 0 spiro atoms. The Kier molecular flexibility index (Phi) is 5.17. The number of ether oxygens (including phenoxy) is 1. The number of carbonyl (C=O) groups is 1. The molecule has 0 radical (unpaired) electrons. The topological polar surface area (TPSA) is 50.4 Å². The van der Waals surface area contributed by atoms with Gasteiger partial charge in [-0.1, -0.05) is 27.7 Å². The Morgan fingerprint density at radius 1 is 1.39 bits per heavy atom. The molecule has 4 heteroatoms. The second-order valence-electron chi connectivity index (χ2n) is 6.43. The van der Waals surface area contributed by atoms with Crippen LogP contribution in [0.2, 0.25) is 0 Å². The highest BCUT2D eigenvalue weighted by Crippen LogP contribution is 2.26. The van der Waals surface area contributed by atoms with Gasteiger partial charge in [-0.2, -0.15) is 0 Å². The molecule has 18 heavy (non-hydrogen) atoms. The van der Waals surface area contributed by atoms with Gasteiger partial charge >= 0.3 is 0 Å². The van der Waals surface area contributed by atoms with E-state index in [2.05, 4.69) is 38.3 Å². The first-order chi connectivity index (χ1) is 8.32. The maximum Gasteiger partial charge on any atom is 0.252 e. The summed E-state index contributed by atoms with van der Waals surface area (Å²) < 4.78 is 5.51. The molecule has 1 atom stereocenters. The second-order valence-corrected chi connectivity index (χ2v) is 6.43. The summed E-state index contributed by atoms with van der Waals surface area (Å²) in [5, 5.41) is 6.32. The normalized spacial score (nSPS) is 21.4. The fraction of sp³-hybridized carbons (Fsp3) is 0.929. The van der Waals surface area contributed by atoms with Crippen LogP contribution in [0, 0.1) is 11.3 Å². The van der Waals surface area contributed by atoms with Crippen LogP contribution in [0.1, 0.15) is 40.5 Å². The van der Waals surface area contributed by atoms with E-state index >= 15 is 0 Å². The van der Waals surface area contributed by atoms with E-state index in [9.17, 15) is 4.79 Å². The van der Waals surface area contributed by atoms with Crippen LogP contribution in [-0.2, 0) is 9.53 Å². The van der Waals surface area contributed by atoms with Gasteiger partial charge in [0.1, 0.15) is 5.60 Å². The molecule has 1 fully saturated rings. The lowest BCUT2D eigenvalue weighted by Crippen LogP contribution is -2.55. The summed E-state index contributed by atoms with van der Waals surface area (Å²) in [5.41, 5.74) is -0.412. The molecule has 0 bridgehead atoms. The minimum Gasteiger partial charge on any atom is -0.368 e. The van der Waals surface area contributed by atoms with Crippen molar-refractivity contribution >= 4 is 5.91 Å².